The molecule has 0 aromatic heterocycles. The third-order valence-electron chi connectivity index (χ3n) is 1.02. The molecular formula is C5H15N4Y-. The molecule has 0 spiro atoms. The summed E-state index contributed by atoms with van der Waals surface area (Å²) >= 11 is 0. The predicted molar refractivity (Wildman–Crippen MR) is 38.4 cm³/mol. The van der Waals surface area contributed by atoms with Gasteiger partial charge in [0, 0.05) is 38.8 Å². The van der Waals surface area contributed by atoms with Gasteiger partial charge in [0.1, 0.15) is 0 Å². The van der Waals surface area contributed by atoms with Crippen LogP contribution in [0.15, 0.2) is 0 Å². The fourth-order valence-corrected chi connectivity index (χ4v) is 0.557. The molecule has 5 N–H and O–H groups in total. The molecule has 0 amide bonds. The van der Waals surface area contributed by atoms with Gasteiger partial charge in [0.25, 0.3) is 0 Å². The molecule has 4 nitrogen and oxygen atoms in total. The van der Waals surface area contributed by atoms with Crippen LogP contribution in [-0.2, 0) is 32.7 Å². The Hall–Kier alpha value is 0.944. The molecule has 0 aliphatic rings. The van der Waals surface area contributed by atoms with Crippen molar-refractivity contribution < 1.29 is 32.7 Å². The van der Waals surface area contributed by atoms with Crippen molar-refractivity contribution >= 4 is 0 Å². The van der Waals surface area contributed by atoms with Crippen LogP contribution in [0.1, 0.15) is 19.8 Å². The summed E-state index contributed by atoms with van der Waals surface area (Å²) in [5.74, 6) is 4.90. The maximum absolute atomic E-state index is 5.48. The maximum atomic E-state index is 5.48. The van der Waals surface area contributed by atoms with E-state index in [1.165, 1.54) is 0 Å². The van der Waals surface area contributed by atoms with E-state index in [0.29, 0.717) is 0 Å². The van der Waals surface area contributed by atoms with E-state index in [9.17, 15) is 0 Å². The predicted octanol–water partition coefficient (Wildman–Crippen LogP) is -0.137. The SMILES string of the molecule is CC(N)CCC[N-]NN.[Y]. The Balaban J connectivity index is 0. The zero-order chi connectivity index (χ0) is 7.11. The van der Waals surface area contributed by atoms with Crippen molar-refractivity contribution in [3.63, 3.8) is 0 Å². The van der Waals surface area contributed by atoms with Crippen LogP contribution in [0.3, 0.4) is 0 Å². The first kappa shape index (κ1) is 13.5. The number of rotatable bonds is 5. The molecule has 1 unspecified atom stereocenters. The largest absolute Gasteiger partial charge is 0.583 e. The molecule has 0 rings (SSSR count). The molecule has 0 saturated carbocycles. The molecule has 10 heavy (non-hydrogen) atoms. The van der Waals surface area contributed by atoms with Crippen molar-refractivity contribution in [2.75, 3.05) is 6.54 Å². The van der Waals surface area contributed by atoms with Gasteiger partial charge < -0.3 is 16.7 Å². The molecule has 0 aromatic rings. The fraction of sp³-hybridized carbons (Fsp3) is 1.00. The number of nitrogens with zero attached hydrogens (tertiary/aromatic N) is 1. The molecule has 0 heterocycles. The van der Waals surface area contributed by atoms with Crippen LogP contribution in [0, 0.1) is 0 Å². The van der Waals surface area contributed by atoms with Crippen molar-refractivity contribution in [1.29, 1.82) is 0 Å². The Morgan fingerprint density at radius 3 is 2.60 bits per heavy atom. The molecular weight excluding hydrogens is 205 g/mol. The van der Waals surface area contributed by atoms with E-state index in [4.69, 9.17) is 11.6 Å². The Bertz CT molecular complexity index is 59.6. The normalized spacial score (nSPS) is 12.3. The van der Waals surface area contributed by atoms with Crippen LogP contribution in [0.5, 0.6) is 0 Å². The number of hydrogen-bond acceptors (Lipinski definition) is 3. The summed E-state index contributed by atoms with van der Waals surface area (Å²) in [6, 6.07) is 0.276. The Morgan fingerprint density at radius 2 is 2.20 bits per heavy atom. The molecule has 0 fully saturated rings. The summed E-state index contributed by atoms with van der Waals surface area (Å²) in [7, 11) is 0. The molecule has 0 aliphatic carbocycles. The van der Waals surface area contributed by atoms with Crippen molar-refractivity contribution in [2.45, 2.75) is 25.8 Å². The van der Waals surface area contributed by atoms with Gasteiger partial charge in [-0.3, -0.25) is 5.84 Å². The van der Waals surface area contributed by atoms with Crippen molar-refractivity contribution in [2.24, 2.45) is 11.6 Å². The van der Waals surface area contributed by atoms with E-state index in [1.807, 2.05) is 6.92 Å². The Labute approximate surface area is 87.3 Å². The molecule has 0 aliphatic heterocycles. The van der Waals surface area contributed by atoms with E-state index >= 15 is 0 Å². The molecule has 1 radical (unpaired) electrons. The van der Waals surface area contributed by atoms with Gasteiger partial charge in [-0.1, -0.05) is 6.42 Å². The quantitative estimate of drug-likeness (QED) is 0.343. The Morgan fingerprint density at radius 1 is 1.60 bits per heavy atom. The van der Waals surface area contributed by atoms with Crippen molar-refractivity contribution in [3.8, 4) is 0 Å². The zero-order valence-electron chi connectivity index (χ0n) is 6.38. The summed E-state index contributed by atoms with van der Waals surface area (Å²) in [6.45, 7) is 2.73. The van der Waals surface area contributed by atoms with E-state index in [-0.39, 0.29) is 38.8 Å². The second kappa shape index (κ2) is 9.94. The second-order valence-corrected chi connectivity index (χ2v) is 2.13. The molecule has 59 valence electrons. The summed E-state index contributed by atoms with van der Waals surface area (Å²) < 4.78 is 0. The van der Waals surface area contributed by atoms with Crippen LogP contribution in [0.4, 0.5) is 0 Å². The van der Waals surface area contributed by atoms with Gasteiger partial charge in [-0.05, 0) is 13.3 Å². The van der Waals surface area contributed by atoms with E-state index in [2.05, 4.69) is 11.0 Å². The van der Waals surface area contributed by atoms with Crippen LogP contribution >= 0.6 is 0 Å². The summed E-state index contributed by atoms with van der Waals surface area (Å²) in [5.41, 5.74) is 11.4. The molecule has 0 saturated heterocycles. The van der Waals surface area contributed by atoms with Crippen LogP contribution in [0.2, 0.25) is 0 Å². The third kappa shape index (κ3) is 11.7. The number of nitrogens with one attached hydrogen (secondary N) is 1. The van der Waals surface area contributed by atoms with E-state index in [1.54, 1.807) is 0 Å². The first-order valence-electron chi connectivity index (χ1n) is 3.15. The van der Waals surface area contributed by atoms with Gasteiger partial charge in [-0.25, -0.2) is 0 Å². The van der Waals surface area contributed by atoms with Gasteiger partial charge in [-0.15, -0.1) is 6.54 Å². The number of nitrogens with two attached hydrogens (primary N) is 2. The van der Waals surface area contributed by atoms with E-state index < -0.39 is 0 Å². The first-order chi connectivity index (χ1) is 4.27. The summed E-state index contributed by atoms with van der Waals surface area (Å²) in [5, 5.41) is 0. The van der Waals surface area contributed by atoms with Gasteiger partial charge in [0.15, 0.2) is 0 Å². The first-order valence-corrected chi connectivity index (χ1v) is 3.15. The van der Waals surface area contributed by atoms with Crippen molar-refractivity contribution in [1.82, 2.24) is 5.53 Å². The van der Waals surface area contributed by atoms with Gasteiger partial charge in [0.2, 0.25) is 0 Å². The summed E-state index contributed by atoms with van der Waals surface area (Å²) in [6.07, 6.45) is 2.01. The minimum atomic E-state index is 0. The topological polar surface area (TPSA) is 78.2 Å². The monoisotopic (exact) mass is 220 g/mol. The van der Waals surface area contributed by atoms with Crippen molar-refractivity contribution in [3.05, 3.63) is 5.43 Å². The zero-order valence-corrected chi connectivity index (χ0v) is 9.22. The van der Waals surface area contributed by atoms with Gasteiger partial charge in [-0.2, -0.15) is 0 Å². The fourth-order valence-electron chi connectivity index (χ4n) is 0.557. The smallest absolute Gasteiger partial charge is 0.000982 e. The number of hydrogen-bond donors (Lipinski definition) is 3. The van der Waals surface area contributed by atoms with Crippen LogP contribution in [-0.4, -0.2) is 12.6 Å². The summed E-state index contributed by atoms with van der Waals surface area (Å²) in [4.78, 5) is 0. The van der Waals surface area contributed by atoms with Crippen LogP contribution < -0.4 is 17.1 Å². The molecule has 5 heteroatoms. The second-order valence-electron chi connectivity index (χ2n) is 2.13. The standard InChI is InChI=1S/C5H15N4.Y/c1-5(6)3-2-4-8-9-7;/h5,9H,2-4,6-7H2,1H3;/q-1;. The molecule has 0 aromatic carbocycles. The van der Waals surface area contributed by atoms with Gasteiger partial charge >= 0.3 is 0 Å². The van der Waals surface area contributed by atoms with Crippen LogP contribution in [0.25, 0.3) is 5.43 Å². The molecule has 0 bridgehead atoms. The Kier molecular flexibility index (Phi) is 13.5. The average Bonchev–Trinajstić information content (AvgIpc) is 1.80. The van der Waals surface area contributed by atoms with E-state index in [0.717, 1.165) is 19.4 Å². The maximum Gasteiger partial charge on any atom is 0.000982 e. The minimum absolute atomic E-state index is 0. The third-order valence-corrected chi connectivity index (χ3v) is 1.02. The molecule has 1 atom stereocenters. The number of hydrazine groups is 1. The minimum Gasteiger partial charge on any atom is -0.583 e. The van der Waals surface area contributed by atoms with Gasteiger partial charge in [0.05, 0.1) is 0 Å². The average molecular weight is 220 g/mol.